The van der Waals surface area contributed by atoms with Crippen LogP contribution in [0.1, 0.15) is 35.6 Å². The lowest BCUT2D eigenvalue weighted by Crippen LogP contribution is -2.16. The number of carbonyl (C=O) groups is 1. The Morgan fingerprint density at radius 3 is 2.60 bits per heavy atom. The molecule has 0 spiro atoms. The maximum absolute atomic E-state index is 12.2. The number of rotatable bonds is 4. The predicted octanol–water partition coefficient (Wildman–Crippen LogP) is 2.38. The summed E-state index contributed by atoms with van der Waals surface area (Å²) in [5.74, 6) is -0.177. The summed E-state index contributed by atoms with van der Waals surface area (Å²) in [5.41, 5.74) is 9.85. The Hall–Kier alpha value is -2.30. The molecule has 0 unspecified atom stereocenters. The number of benzene rings is 1. The van der Waals surface area contributed by atoms with E-state index in [4.69, 9.17) is 5.73 Å². The molecule has 20 heavy (non-hydrogen) atoms. The summed E-state index contributed by atoms with van der Waals surface area (Å²) in [5, 5.41) is 7.12. The molecule has 1 heterocycles. The fourth-order valence-electron chi connectivity index (χ4n) is 2.10. The molecule has 0 aliphatic carbocycles. The maximum Gasteiger partial charge on any atom is 0.273 e. The molecule has 0 atom stereocenters. The van der Waals surface area contributed by atoms with Crippen LogP contribution in [0.5, 0.6) is 0 Å². The number of nitrogen functional groups attached to an aromatic ring is 1. The van der Waals surface area contributed by atoms with Gasteiger partial charge in [0.1, 0.15) is 5.69 Å². The lowest BCUT2D eigenvalue weighted by Gasteiger charge is -2.08. The number of aromatic nitrogens is 2. The normalized spacial score (nSPS) is 10.6. The van der Waals surface area contributed by atoms with Gasteiger partial charge in [-0.05, 0) is 36.6 Å². The highest BCUT2D eigenvalue weighted by atomic mass is 16.2. The van der Waals surface area contributed by atoms with Gasteiger partial charge in [0.15, 0.2) is 0 Å². The van der Waals surface area contributed by atoms with Crippen LogP contribution in [0.15, 0.2) is 24.3 Å². The minimum absolute atomic E-state index is 0.177. The summed E-state index contributed by atoms with van der Waals surface area (Å²) in [6.07, 6.45) is 1.68. The first kappa shape index (κ1) is 14.1. The zero-order valence-electron chi connectivity index (χ0n) is 12.1. The number of amides is 1. The van der Waals surface area contributed by atoms with Gasteiger partial charge in [-0.3, -0.25) is 9.48 Å². The molecule has 0 aliphatic heterocycles. The maximum atomic E-state index is 12.2. The number of hydrogen-bond donors (Lipinski definition) is 2. The van der Waals surface area contributed by atoms with Crippen LogP contribution in [0.25, 0.3) is 0 Å². The van der Waals surface area contributed by atoms with Gasteiger partial charge in [-0.2, -0.15) is 5.10 Å². The molecule has 0 aliphatic rings. The number of nitrogens with zero attached hydrogens (tertiary/aromatic N) is 2. The van der Waals surface area contributed by atoms with E-state index >= 15 is 0 Å². The summed E-state index contributed by atoms with van der Waals surface area (Å²) >= 11 is 0. The molecule has 0 saturated heterocycles. The van der Waals surface area contributed by atoms with Crippen molar-refractivity contribution < 1.29 is 4.79 Å². The Balaban J connectivity index is 2.18. The molecule has 0 fully saturated rings. The molecule has 2 aromatic rings. The van der Waals surface area contributed by atoms with E-state index in [1.807, 2.05) is 26.0 Å². The first-order chi connectivity index (χ1) is 9.55. The molecule has 5 nitrogen and oxygen atoms in total. The van der Waals surface area contributed by atoms with E-state index in [0.717, 1.165) is 24.1 Å². The first-order valence-corrected chi connectivity index (χ1v) is 6.77. The van der Waals surface area contributed by atoms with Crippen molar-refractivity contribution in [3.8, 4) is 0 Å². The number of nitrogens with one attached hydrogen (secondary N) is 1. The van der Waals surface area contributed by atoms with E-state index in [1.54, 1.807) is 23.9 Å². The van der Waals surface area contributed by atoms with E-state index in [2.05, 4.69) is 10.4 Å². The van der Waals surface area contributed by atoms with Gasteiger partial charge in [-0.25, -0.2) is 0 Å². The predicted molar refractivity (Wildman–Crippen MR) is 80.8 cm³/mol. The lowest BCUT2D eigenvalue weighted by atomic mass is 10.1. The summed E-state index contributed by atoms with van der Waals surface area (Å²) in [6.45, 7) is 4.06. The Morgan fingerprint density at radius 1 is 1.30 bits per heavy atom. The van der Waals surface area contributed by atoms with Gasteiger partial charge in [-0.15, -0.1) is 0 Å². The fraction of sp³-hybridized carbons (Fsp3) is 0.333. The van der Waals surface area contributed by atoms with Gasteiger partial charge in [-0.1, -0.05) is 19.9 Å². The monoisotopic (exact) mass is 272 g/mol. The zero-order chi connectivity index (χ0) is 14.7. The van der Waals surface area contributed by atoms with Crippen molar-refractivity contribution in [2.45, 2.75) is 26.7 Å². The van der Waals surface area contributed by atoms with E-state index in [-0.39, 0.29) is 5.91 Å². The molecule has 3 N–H and O–H groups in total. The van der Waals surface area contributed by atoms with E-state index in [9.17, 15) is 4.79 Å². The van der Waals surface area contributed by atoms with Crippen LogP contribution >= 0.6 is 0 Å². The van der Waals surface area contributed by atoms with E-state index < -0.39 is 0 Å². The van der Waals surface area contributed by atoms with Crippen LogP contribution in [0.3, 0.4) is 0 Å². The molecule has 1 aromatic heterocycles. The molecular formula is C15H20N4O. The molecule has 1 amide bonds. The number of nitrogens with two attached hydrogens (primary N) is 1. The third-order valence-corrected chi connectivity index (χ3v) is 3.31. The van der Waals surface area contributed by atoms with Gasteiger partial charge in [0.2, 0.25) is 0 Å². The van der Waals surface area contributed by atoms with Gasteiger partial charge < -0.3 is 11.1 Å². The molecule has 0 saturated carbocycles. The average Bonchev–Trinajstić information content (AvgIpc) is 2.80. The quantitative estimate of drug-likeness (QED) is 0.839. The third-order valence-electron chi connectivity index (χ3n) is 3.31. The van der Waals surface area contributed by atoms with E-state index in [1.165, 1.54) is 0 Å². The summed E-state index contributed by atoms with van der Waals surface area (Å²) in [7, 11) is 1.77. The second kappa shape index (κ2) is 5.77. The van der Waals surface area contributed by atoms with Crippen molar-refractivity contribution in [1.29, 1.82) is 0 Å². The van der Waals surface area contributed by atoms with Gasteiger partial charge >= 0.3 is 0 Å². The minimum atomic E-state index is -0.177. The van der Waals surface area contributed by atoms with Crippen molar-refractivity contribution >= 4 is 17.3 Å². The van der Waals surface area contributed by atoms with Gasteiger partial charge in [0.25, 0.3) is 5.91 Å². The van der Waals surface area contributed by atoms with Crippen molar-refractivity contribution in [3.63, 3.8) is 0 Å². The van der Waals surface area contributed by atoms with Crippen molar-refractivity contribution in [1.82, 2.24) is 9.78 Å². The third kappa shape index (κ3) is 2.82. The highest BCUT2D eigenvalue weighted by Gasteiger charge is 2.13. The van der Waals surface area contributed by atoms with Crippen molar-refractivity contribution in [2.75, 3.05) is 11.1 Å². The van der Waals surface area contributed by atoms with Crippen LogP contribution in [0, 0.1) is 0 Å². The van der Waals surface area contributed by atoms with Crippen LogP contribution in [-0.4, -0.2) is 15.7 Å². The molecule has 106 valence electrons. The Bertz CT molecular complexity index is 631. The number of carbonyl (C=O) groups excluding carboxylic acids is 1. The second-order valence-electron chi connectivity index (χ2n) is 4.72. The Morgan fingerprint density at radius 2 is 2.05 bits per heavy atom. The SMILES string of the molecule is CCc1cc(C(=O)Nc2ccc(CC)c(N)c2)n(C)n1. The molecule has 5 heteroatoms. The Kier molecular flexibility index (Phi) is 4.08. The topological polar surface area (TPSA) is 72.9 Å². The first-order valence-electron chi connectivity index (χ1n) is 6.77. The van der Waals surface area contributed by atoms with Crippen LogP contribution in [0.2, 0.25) is 0 Å². The van der Waals surface area contributed by atoms with Gasteiger partial charge in [0, 0.05) is 18.4 Å². The Labute approximate surface area is 118 Å². The standard InChI is InChI=1S/C15H20N4O/c1-4-10-6-7-12(8-13(10)16)17-15(20)14-9-11(5-2)18-19(14)3/h6-9H,4-5,16H2,1-3H3,(H,17,20). The molecule has 1 aromatic carbocycles. The average molecular weight is 272 g/mol. The van der Waals surface area contributed by atoms with Crippen LogP contribution < -0.4 is 11.1 Å². The largest absolute Gasteiger partial charge is 0.398 e. The number of aryl methyl sites for hydroxylation is 3. The smallest absolute Gasteiger partial charge is 0.273 e. The zero-order valence-corrected chi connectivity index (χ0v) is 12.1. The van der Waals surface area contributed by atoms with Crippen LogP contribution in [-0.2, 0) is 19.9 Å². The fourth-order valence-corrected chi connectivity index (χ4v) is 2.10. The molecular weight excluding hydrogens is 252 g/mol. The summed E-state index contributed by atoms with van der Waals surface area (Å²) < 4.78 is 1.60. The van der Waals surface area contributed by atoms with E-state index in [0.29, 0.717) is 17.1 Å². The number of hydrogen-bond acceptors (Lipinski definition) is 3. The molecule has 2 rings (SSSR count). The van der Waals surface area contributed by atoms with Gasteiger partial charge in [0.05, 0.1) is 5.69 Å². The second-order valence-corrected chi connectivity index (χ2v) is 4.72. The molecule has 0 radical (unpaired) electrons. The van der Waals surface area contributed by atoms with Crippen LogP contribution in [0.4, 0.5) is 11.4 Å². The lowest BCUT2D eigenvalue weighted by molar-refractivity contribution is 0.101. The minimum Gasteiger partial charge on any atom is -0.398 e. The summed E-state index contributed by atoms with van der Waals surface area (Å²) in [6, 6.07) is 7.39. The highest BCUT2D eigenvalue weighted by molar-refractivity contribution is 6.03. The summed E-state index contributed by atoms with van der Waals surface area (Å²) in [4.78, 5) is 12.2. The number of anilines is 2. The van der Waals surface area contributed by atoms with Crippen molar-refractivity contribution in [2.24, 2.45) is 7.05 Å². The van der Waals surface area contributed by atoms with Crippen molar-refractivity contribution in [3.05, 3.63) is 41.2 Å². The molecule has 0 bridgehead atoms. The highest BCUT2D eigenvalue weighted by Crippen LogP contribution is 2.19.